The number of sulfonamides is 1. The predicted molar refractivity (Wildman–Crippen MR) is 104 cm³/mol. The lowest BCUT2D eigenvalue weighted by molar-refractivity contribution is -0.917. The number of piperazine rings is 1. The summed E-state index contributed by atoms with van der Waals surface area (Å²) in [5.41, 5.74) is 1.30. The van der Waals surface area contributed by atoms with E-state index in [2.05, 4.69) is 24.3 Å². The summed E-state index contributed by atoms with van der Waals surface area (Å²) in [5.74, 6) is 0. The molecule has 0 aliphatic carbocycles. The second kappa shape index (κ2) is 7.19. The van der Waals surface area contributed by atoms with E-state index in [-0.39, 0.29) is 0 Å². The molecule has 5 heteroatoms. The average molecular weight is 367 g/mol. The zero-order valence-corrected chi connectivity index (χ0v) is 15.5. The molecule has 1 fully saturated rings. The van der Waals surface area contributed by atoms with Crippen LogP contribution in [0.3, 0.4) is 0 Å². The van der Waals surface area contributed by atoms with Crippen molar-refractivity contribution in [2.24, 2.45) is 0 Å². The molecule has 1 saturated heterocycles. The quantitative estimate of drug-likeness (QED) is 0.766. The summed E-state index contributed by atoms with van der Waals surface area (Å²) in [5, 5.41) is 2.02. The van der Waals surface area contributed by atoms with Crippen LogP contribution in [0.15, 0.2) is 77.7 Å². The van der Waals surface area contributed by atoms with Crippen LogP contribution < -0.4 is 4.90 Å². The molecule has 0 atom stereocenters. The summed E-state index contributed by atoms with van der Waals surface area (Å²) in [6, 6.07) is 23.6. The first-order valence-corrected chi connectivity index (χ1v) is 10.4. The fourth-order valence-corrected chi connectivity index (χ4v) is 5.06. The zero-order chi connectivity index (χ0) is 18.0. The van der Waals surface area contributed by atoms with Gasteiger partial charge >= 0.3 is 0 Å². The van der Waals surface area contributed by atoms with E-state index in [0.29, 0.717) is 18.0 Å². The normalized spacial score (nSPS) is 16.8. The van der Waals surface area contributed by atoms with Gasteiger partial charge in [0, 0.05) is 5.56 Å². The van der Waals surface area contributed by atoms with Gasteiger partial charge in [0.1, 0.15) is 6.54 Å². The zero-order valence-electron chi connectivity index (χ0n) is 14.6. The van der Waals surface area contributed by atoms with Crippen LogP contribution in [0.25, 0.3) is 10.8 Å². The lowest BCUT2D eigenvalue weighted by Crippen LogP contribution is -3.13. The highest BCUT2D eigenvalue weighted by atomic mass is 32.2. The lowest BCUT2D eigenvalue weighted by atomic mass is 10.1. The molecule has 26 heavy (non-hydrogen) atoms. The van der Waals surface area contributed by atoms with Gasteiger partial charge in [-0.2, -0.15) is 4.31 Å². The van der Waals surface area contributed by atoms with Gasteiger partial charge in [0.25, 0.3) is 0 Å². The minimum atomic E-state index is -3.43. The van der Waals surface area contributed by atoms with Crippen LogP contribution in [-0.2, 0) is 16.6 Å². The fraction of sp³-hybridized carbons (Fsp3) is 0.238. The molecule has 3 aromatic carbocycles. The van der Waals surface area contributed by atoms with Gasteiger partial charge in [-0.1, -0.05) is 60.7 Å². The maximum absolute atomic E-state index is 13.0. The monoisotopic (exact) mass is 367 g/mol. The highest BCUT2D eigenvalue weighted by Crippen LogP contribution is 2.21. The van der Waals surface area contributed by atoms with Crippen LogP contribution in [0, 0.1) is 0 Å². The molecule has 0 radical (unpaired) electrons. The van der Waals surface area contributed by atoms with Crippen LogP contribution >= 0.6 is 0 Å². The van der Waals surface area contributed by atoms with Crippen molar-refractivity contribution in [1.29, 1.82) is 0 Å². The molecular formula is C21H23N2O2S+. The minimum absolute atomic E-state index is 0.391. The number of benzene rings is 3. The van der Waals surface area contributed by atoms with Crippen molar-refractivity contribution in [3.63, 3.8) is 0 Å². The highest BCUT2D eigenvalue weighted by Gasteiger charge is 2.30. The second-order valence-corrected chi connectivity index (χ2v) is 8.76. The molecule has 3 aromatic rings. The largest absolute Gasteiger partial charge is 0.329 e. The number of hydrogen-bond acceptors (Lipinski definition) is 2. The van der Waals surface area contributed by atoms with Gasteiger partial charge < -0.3 is 4.90 Å². The van der Waals surface area contributed by atoms with Crippen molar-refractivity contribution >= 4 is 20.8 Å². The summed E-state index contributed by atoms with van der Waals surface area (Å²) < 4.78 is 27.7. The number of fused-ring (bicyclic) bond motifs is 1. The molecule has 4 nitrogen and oxygen atoms in total. The molecule has 4 rings (SSSR count). The molecule has 0 aromatic heterocycles. The molecule has 1 heterocycles. The SMILES string of the molecule is O=S(=O)(c1ccc2ccccc2c1)N1CC[NH+](Cc2ccccc2)CC1. The third-order valence-electron chi connectivity index (χ3n) is 5.09. The summed E-state index contributed by atoms with van der Waals surface area (Å²) in [4.78, 5) is 1.82. The van der Waals surface area contributed by atoms with E-state index in [4.69, 9.17) is 0 Å². The van der Waals surface area contributed by atoms with Gasteiger partial charge in [-0.15, -0.1) is 0 Å². The summed E-state index contributed by atoms with van der Waals surface area (Å²) in [6.07, 6.45) is 0. The average Bonchev–Trinajstić information content (AvgIpc) is 2.69. The standard InChI is InChI=1S/C21H22N2O2S/c24-26(25,21-11-10-19-8-4-5-9-20(19)16-21)23-14-12-22(13-15-23)17-18-6-2-1-3-7-18/h1-11,16H,12-15,17H2/p+1. The Labute approximate surface area is 154 Å². The van der Waals surface area contributed by atoms with Crippen LogP contribution in [0.2, 0.25) is 0 Å². The molecule has 0 bridgehead atoms. The van der Waals surface area contributed by atoms with Crippen molar-refractivity contribution in [2.75, 3.05) is 26.2 Å². The van der Waals surface area contributed by atoms with E-state index < -0.39 is 10.0 Å². The van der Waals surface area contributed by atoms with E-state index in [1.165, 1.54) is 10.5 Å². The Morgan fingerprint density at radius 3 is 2.19 bits per heavy atom. The Bertz CT molecular complexity index is 995. The Morgan fingerprint density at radius 1 is 0.808 bits per heavy atom. The highest BCUT2D eigenvalue weighted by molar-refractivity contribution is 7.89. The van der Waals surface area contributed by atoms with Crippen LogP contribution in [0.5, 0.6) is 0 Å². The summed E-state index contributed by atoms with van der Waals surface area (Å²) >= 11 is 0. The Hall–Kier alpha value is -2.21. The van der Waals surface area contributed by atoms with Gasteiger partial charge in [-0.25, -0.2) is 8.42 Å². The van der Waals surface area contributed by atoms with Crippen molar-refractivity contribution in [1.82, 2.24) is 4.31 Å². The van der Waals surface area contributed by atoms with Crippen LogP contribution in [-0.4, -0.2) is 38.9 Å². The number of nitrogens with one attached hydrogen (secondary N) is 1. The van der Waals surface area contributed by atoms with Crippen LogP contribution in [0.1, 0.15) is 5.56 Å². The molecule has 0 saturated carbocycles. The number of hydrogen-bond donors (Lipinski definition) is 1. The topological polar surface area (TPSA) is 41.8 Å². The van der Waals surface area contributed by atoms with Crippen molar-refractivity contribution in [3.8, 4) is 0 Å². The molecular weight excluding hydrogens is 344 g/mol. The predicted octanol–water partition coefficient (Wildman–Crippen LogP) is 1.93. The summed E-state index contributed by atoms with van der Waals surface area (Å²) in [6.45, 7) is 3.75. The lowest BCUT2D eigenvalue weighted by Gasteiger charge is -2.31. The molecule has 1 aliphatic rings. The van der Waals surface area contributed by atoms with E-state index in [9.17, 15) is 8.42 Å². The van der Waals surface area contributed by atoms with E-state index in [1.54, 1.807) is 16.4 Å². The number of rotatable bonds is 4. The van der Waals surface area contributed by atoms with Gasteiger partial charge in [0.05, 0.1) is 31.1 Å². The molecule has 0 spiro atoms. The van der Waals surface area contributed by atoms with Gasteiger partial charge in [-0.05, 0) is 22.9 Å². The van der Waals surface area contributed by atoms with Crippen molar-refractivity contribution in [3.05, 3.63) is 78.4 Å². The molecule has 1 aliphatic heterocycles. The molecule has 0 unspecified atom stereocenters. The first kappa shape index (κ1) is 17.2. The van der Waals surface area contributed by atoms with Crippen molar-refractivity contribution < 1.29 is 13.3 Å². The molecule has 0 amide bonds. The maximum atomic E-state index is 13.0. The van der Waals surface area contributed by atoms with Crippen LogP contribution in [0.4, 0.5) is 0 Å². The second-order valence-electron chi connectivity index (χ2n) is 6.83. The molecule has 134 valence electrons. The van der Waals surface area contributed by atoms with E-state index in [0.717, 1.165) is 30.4 Å². The summed E-state index contributed by atoms with van der Waals surface area (Å²) in [7, 11) is -3.43. The minimum Gasteiger partial charge on any atom is -0.329 e. The maximum Gasteiger partial charge on any atom is 0.243 e. The molecule has 1 N–H and O–H groups in total. The first-order chi connectivity index (χ1) is 12.6. The Balaban J connectivity index is 1.47. The van der Waals surface area contributed by atoms with Gasteiger partial charge in [-0.3, -0.25) is 0 Å². The number of quaternary nitrogens is 1. The third kappa shape index (κ3) is 3.51. The Kier molecular flexibility index (Phi) is 4.76. The van der Waals surface area contributed by atoms with E-state index in [1.807, 2.05) is 36.4 Å². The third-order valence-corrected chi connectivity index (χ3v) is 6.98. The first-order valence-electron chi connectivity index (χ1n) is 8.99. The Morgan fingerprint density at radius 2 is 1.46 bits per heavy atom. The van der Waals surface area contributed by atoms with Crippen molar-refractivity contribution in [2.45, 2.75) is 11.4 Å². The smallest absolute Gasteiger partial charge is 0.243 e. The number of nitrogens with zero attached hydrogens (tertiary/aromatic N) is 1. The fourth-order valence-electron chi connectivity index (χ4n) is 3.58. The van der Waals surface area contributed by atoms with E-state index >= 15 is 0 Å². The van der Waals surface area contributed by atoms with Gasteiger partial charge in [0.2, 0.25) is 10.0 Å². The van der Waals surface area contributed by atoms with Gasteiger partial charge in [0.15, 0.2) is 0 Å².